The molecule has 8 heteroatoms. The first kappa shape index (κ1) is 13.2. The molecule has 1 aliphatic rings. The molecular formula is C10H10BrClN4O2. The summed E-state index contributed by atoms with van der Waals surface area (Å²) in [5.74, 6) is -1.01. The standard InChI is InChI=1S/C10H10BrClN4O2/c1-4-7(11)8(12)15-10(14-4)16-3-5(9(13)18)2-6(16)17/h5H,2-3H2,1H3,(H2,13,18). The first-order valence-corrected chi connectivity index (χ1v) is 6.36. The van der Waals surface area contributed by atoms with Gasteiger partial charge in [-0.2, -0.15) is 4.98 Å². The Labute approximate surface area is 117 Å². The Hall–Kier alpha value is -1.21. The molecule has 1 aromatic heterocycles. The number of primary amides is 1. The number of rotatable bonds is 2. The fraction of sp³-hybridized carbons (Fsp3) is 0.400. The molecule has 1 unspecified atom stereocenters. The largest absolute Gasteiger partial charge is 0.369 e. The zero-order chi connectivity index (χ0) is 13.4. The molecule has 6 nitrogen and oxygen atoms in total. The van der Waals surface area contributed by atoms with Crippen LogP contribution < -0.4 is 10.6 Å². The van der Waals surface area contributed by atoms with Crippen LogP contribution in [0.15, 0.2) is 4.47 Å². The van der Waals surface area contributed by atoms with E-state index in [0.717, 1.165) is 0 Å². The number of halogens is 2. The third-order valence-corrected chi connectivity index (χ3v) is 4.18. The number of aromatic nitrogens is 2. The summed E-state index contributed by atoms with van der Waals surface area (Å²) in [6, 6.07) is 0. The minimum atomic E-state index is -0.496. The van der Waals surface area contributed by atoms with E-state index in [1.807, 2.05) is 0 Å². The van der Waals surface area contributed by atoms with Gasteiger partial charge >= 0.3 is 0 Å². The minimum absolute atomic E-state index is 0.0887. The second-order valence-electron chi connectivity index (χ2n) is 4.02. The Morgan fingerprint density at radius 1 is 1.56 bits per heavy atom. The maximum Gasteiger partial charge on any atom is 0.233 e. The number of amides is 2. The van der Waals surface area contributed by atoms with Crippen LogP contribution in [0.5, 0.6) is 0 Å². The van der Waals surface area contributed by atoms with Gasteiger partial charge in [0.25, 0.3) is 0 Å². The van der Waals surface area contributed by atoms with Crippen molar-refractivity contribution in [3.05, 3.63) is 15.3 Å². The third-order valence-electron chi connectivity index (χ3n) is 2.73. The highest BCUT2D eigenvalue weighted by molar-refractivity contribution is 9.10. The fourth-order valence-electron chi connectivity index (χ4n) is 1.72. The molecule has 0 spiro atoms. The van der Waals surface area contributed by atoms with Crippen LogP contribution in [-0.4, -0.2) is 28.3 Å². The van der Waals surface area contributed by atoms with Gasteiger partial charge < -0.3 is 5.73 Å². The number of anilines is 1. The summed E-state index contributed by atoms with van der Waals surface area (Å²) in [5.41, 5.74) is 5.82. The van der Waals surface area contributed by atoms with Crippen LogP contribution in [0.2, 0.25) is 5.15 Å². The number of nitrogens with two attached hydrogens (primary N) is 1. The monoisotopic (exact) mass is 332 g/mol. The molecule has 18 heavy (non-hydrogen) atoms. The highest BCUT2D eigenvalue weighted by atomic mass is 79.9. The zero-order valence-corrected chi connectivity index (χ0v) is 11.8. The topological polar surface area (TPSA) is 89.2 Å². The zero-order valence-electron chi connectivity index (χ0n) is 9.48. The lowest BCUT2D eigenvalue weighted by Crippen LogP contribution is -2.29. The number of hydrogen-bond acceptors (Lipinski definition) is 4. The van der Waals surface area contributed by atoms with E-state index in [2.05, 4.69) is 25.9 Å². The second kappa shape index (κ2) is 4.81. The van der Waals surface area contributed by atoms with E-state index in [1.54, 1.807) is 6.92 Å². The third kappa shape index (κ3) is 2.32. The highest BCUT2D eigenvalue weighted by Gasteiger charge is 2.35. The molecule has 0 radical (unpaired) electrons. The number of hydrogen-bond donors (Lipinski definition) is 1. The molecule has 0 saturated carbocycles. The van der Waals surface area contributed by atoms with Gasteiger partial charge in [-0.1, -0.05) is 11.6 Å². The summed E-state index contributed by atoms with van der Waals surface area (Å²) >= 11 is 9.15. The van der Waals surface area contributed by atoms with E-state index in [4.69, 9.17) is 17.3 Å². The summed E-state index contributed by atoms with van der Waals surface area (Å²) in [6.07, 6.45) is 0.0887. The van der Waals surface area contributed by atoms with Crippen LogP contribution in [0, 0.1) is 12.8 Å². The number of carbonyl (C=O) groups excluding carboxylic acids is 2. The van der Waals surface area contributed by atoms with Crippen molar-refractivity contribution in [2.45, 2.75) is 13.3 Å². The van der Waals surface area contributed by atoms with Crippen LogP contribution in [0.25, 0.3) is 0 Å². The van der Waals surface area contributed by atoms with E-state index in [1.165, 1.54) is 4.90 Å². The van der Waals surface area contributed by atoms with Gasteiger partial charge in [-0.05, 0) is 22.9 Å². The Kier molecular flexibility index (Phi) is 3.54. The molecule has 2 heterocycles. The van der Waals surface area contributed by atoms with Crippen molar-refractivity contribution < 1.29 is 9.59 Å². The summed E-state index contributed by atoms with van der Waals surface area (Å²) < 4.78 is 0.589. The lowest BCUT2D eigenvalue weighted by atomic mass is 10.1. The molecule has 96 valence electrons. The van der Waals surface area contributed by atoms with Gasteiger partial charge in [0.05, 0.1) is 16.1 Å². The molecule has 1 aliphatic heterocycles. The Bertz CT molecular complexity index is 514. The van der Waals surface area contributed by atoms with Crippen molar-refractivity contribution in [1.29, 1.82) is 0 Å². The van der Waals surface area contributed by atoms with Crippen molar-refractivity contribution in [2.24, 2.45) is 11.7 Å². The Morgan fingerprint density at radius 2 is 2.22 bits per heavy atom. The molecule has 2 amide bonds. The van der Waals surface area contributed by atoms with Crippen LogP contribution in [0.1, 0.15) is 12.1 Å². The van der Waals surface area contributed by atoms with E-state index >= 15 is 0 Å². The number of aryl methyl sites for hydroxylation is 1. The predicted octanol–water partition coefficient (Wildman–Crippen LogP) is 1.04. The van der Waals surface area contributed by atoms with Crippen molar-refractivity contribution >= 4 is 45.3 Å². The fourth-order valence-corrected chi connectivity index (χ4v) is 2.11. The van der Waals surface area contributed by atoms with Crippen LogP contribution >= 0.6 is 27.5 Å². The Balaban J connectivity index is 2.33. The normalized spacial score (nSPS) is 19.4. The quantitative estimate of drug-likeness (QED) is 0.819. The minimum Gasteiger partial charge on any atom is -0.369 e. The average Bonchev–Trinajstić information content (AvgIpc) is 2.68. The molecular weight excluding hydrogens is 323 g/mol. The molecule has 2 rings (SSSR count). The van der Waals surface area contributed by atoms with Crippen molar-refractivity contribution in [2.75, 3.05) is 11.4 Å². The SMILES string of the molecule is Cc1nc(N2CC(C(N)=O)CC2=O)nc(Cl)c1Br. The van der Waals surface area contributed by atoms with Crippen molar-refractivity contribution in [3.63, 3.8) is 0 Å². The van der Waals surface area contributed by atoms with Gasteiger partial charge in [0.15, 0.2) is 0 Å². The van der Waals surface area contributed by atoms with E-state index in [-0.39, 0.29) is 30.0 Å². The molecule has 1 aromatic rings. The first-order chi connectivity index (χ1) is 8.40. The number of carbonyl (C=O) groups is 2. The maximum atomic E-state index is 11.8. The highest BCUT2D eigenvalue weighted by Crippen LogP contribution is 2.28. The van der Waals surface area contributed by atoms with E-state index in [0.29, 0.717) is 10.2 Å². The second-order valence-corrected chi connectivity index (χ2v) is 5.17. The molecule has 1 atom stereocenters. The predicted molar refractivity (Wildman–Crippen MR) is 69.1 cm³/mol. The lowest BCUT2D eigenvalue weighted by molar-refractivity contribution is -0.123. The molecule has 0 aliphatic carbocycles. The molecule has 1 saturated heterocycles. The number of nitrogens with zero attached hydrogens (tertiary/aromatic N) is 3. The molecule has 0 bridgehead atoms. The summed E-state index contributed by atoms with van der Waals surface area (Å²) in [6.45, 7) is 1.94. The van der Waals surface area contributed by atoms with Gasteiger partial charge in [-0.15, -0.1) is 0 Å². The van der Waals surface area contributed by atoms with Crippen molar-refractivity contribution in [3.8, 4) is 0 Å². The van der Waals surface area contributed by atoms with Crippen LogP contribution in [0.4, 0.5) is 5.95 Å². The van der Waals surface area contributed by atoms with Gasteiger partial charge in [0, 0.05) is 13.0 Å². The smallest absolute Gasteiger partial charge is 0.233 e. The van der Waals surface area contributed by atoms with Gasteiger partial charge in [-0.25, -0.2) is 4.98 Å². The summed E-state index contributed by atoms with van der Waals surface area (Å²) in [5, 5.41) is 0.229. The maximum absolute atomic E-state index is 11.8. The van der Waals surface area contributed by atoms with E-state index in [9.17, 15) is 9.59 Å². The summed E-state index contributed by atoms with van der Waals surface area (Å²) in [4.78, 5) is 32.4. The van der Waals surface area contributed by atoms with E-state index < -0.39 is 11.8 Å². The lowest BCUT2D eigenvalue weighted by Gasteiger charge is -2.15. The van der Waals surface area contributed by atoms with Gasteiger partial charge in [-0.3, -0.25) is 14.5 Å². The average molecular weight is 334 g/mol. The van der Waals surface area contributed by atoms with Gasteiger partial charge in [0.1, 0.15) is 5.15 Å². The Morgan fingerprint density at radius 3 is 2.72 bits per heavy atom. The van der Waals surface area contributed by atoms with Crippen molar-refractivity contribution in [1.82, 2.24) is 9.97 Å². The molecule has 2 N–H and O–H groups in total. The van der Waals surface area contributed by atoms with Crippen LogP contribution in [0.3, 0.4) is 0 Å². The van der Waals surface area contributed by atoms with Crippen LogP contribution in [-0.2, 0) is 9.59 Å². The van der Waals surface area contributed by atoms with Gasteiger partial charge in [0.2, 0.25) is 17.8 Å². The first-order valence-electron chi connectivity index (χ1n) is 5.19. The molecule has 1 fully saturated rings. The molecule has 0 aromatic carbocycles. The summed E-state index contributed by atoms with van der Waals surface area (Å²) in [7, 11) is 0.